The Morgan fingerprint density at radius 3 is 2.65 bits per heavy atom. The molecule has 0 saturated heterocycles. The van der Waals surface area contributed by atoms with Crippen molar-refractivity contribution in [1.82, 2.24) is 9.55 Å². The van der Waals surface area contributed by atoms with Gasteiger partial charge < -0.3 is 9.88 Å². The fraction of sp³-hybridized carbons (Fsp3) is 0.308. The summed E-state index contributed by atoms with van der Waals surface area (Å²) in [6.07, 6.45) is 1.50. The van der Waals surface area contributed by atoms with E-state index in [9.17, 15) is 4.39 Å². The summed E-state index contributed by atoms with van der Waals surface area (Å²) >= 11 is 0. The molecule has 2 rings (SSSR count). The number of pyridine rings is 1. The summed E-state index contributed by atoms with van der Waals surface area (Å²) in [5, 5.41) is 3.23. The lowest BCUT2D eigenvalue weighted by Gasteiger charge is -2.06. The molecule has 0 unspecified atom stereocenters. The van der Waals surface area contributed by atoms with Gasteiger partial charge >= 0.3 is 0 Å². The SMILES string of the molecule is Cc1cc(CNc2ccc(F)nc2)c(C)n1C. The highest BCUT2D eigenvalue weighted by molar-refractivity contribution is 5.41. The molecule has 17 heavy (non-hydrogen) atoms. The zero-order valence-electron chi connectivity index (χ0n) is 10.3. The van der Waals surface area contributed by atoms with Gasteiger partial charge in [0.1, 0.15) is 0 Å². The van der Waals surface area contributed by atoms with Crippen LogP contribution >= 0.6 is 0 Å². The predicted molar refractivity (Wildman–Crippen MR) is 66.4 cm³/mol. The Kier molecular flexibility index (Phi) is 3.13. The van der Waals surface area contributed by atoms with Crippen molar-refractivity contribution >= 4 is 5.69 Å². The predicted octanol–water partition coefficient (Wildman–Crippen LogP) is 2.79. The minimum Gasteiger partial charge on any atom is -0.380 e. The van der Waals surface area contributed by atoms with Crippen LogP contribution in [0.2, 0.25) is 0 Å². The van der Waals surface area contributed by atoms with E-state index < -0.39 is 5.95 Å². The first-order valence-corrected chi connectivity index (χ1v) is 5.55. The van der Waals surface area contributed by atoms with Crippen LogP contribution in [0.25, 0.3) is 0 Å². The van der Waals surface area contributed by atoms with Crippen molar-refractivity contribution in [3.8, 4) is 0 Å². The molecule has 0 radical (unpaired) electrons. The van der Waals surface area contributed by atoms with Crippen molar-refractivity contribution in [3.63, 3.8) is 0 Å². The van der Waals surface area contributed by atoms with Gasteiger partial charge in [-0.15, -0.1) is 0 Å². The molecular formula is C13H16FN3. The summed E-state index contributed by atoms with van der Waals surface area (Å²) < 4.78 is 14.8. The van der Waals surface area contributed by atoms with E-state index in [1.165, 1.54) is 29.2 Å². The largest absolute Gasteiger partial charge is 0.380 e. The van der Waals surface area contributed by atoms with Gasteiger partial charge in [0, 0.05) is 25.0 Å². The van der Waals surface area contributed by atoms with E-state index in [0.717, 1.165) is 12.2 Å². The van der Waals surface area contributed by atoms with E-state index in [1.807, 2.05) is 7.05 Å². The van der Waals surface area contributed by atoms with Gasteiger partial charge in [0.15, 0.2) is 0 Å². The van der Waals surface area contributed by atoms with Gasteiger partial charge in [-0.05, 0) is 37.6 Å². The molecular weight excluding hydrogens is 217 g/mol. The molecule has 0 fully saturated rings. The normalized spacial score (nSPS) is 10.6. The van der Waals surface area contributed by atoms with Gasteiger partial charge in [-0.1, -0.05) is 0 Å². The van der Waals surface area contributed by atoms with Crippen LogP contribution < -0.4 is 5.32 Å². The molecule has 0 amide bonds. The third kappa shape index (κ3) is 2.46. The fourth-order valence-electron chi connectivity index (χ4n) is 1.79. The Balaban J connectivity index is 2.07. The number of hydrogen-bond donors (Lipinski definition) is 1. The first kappa shape index (κ1) is 11.6. The van der Waals surface area contributed by atoms with Crippen molar-refractivity contribution < 1.29 is 4.39 Å². The molecule has 0 saturated carbocycles. The molecule has 3 nitrogen and oxygen atoms in total. The highest BCUT2D eigenvalue weighted by atomic mass is 19.1. The van der Waals surface area contributed by atoms with Crippen LogP contribution in [0, 0.1) is 19.8 Å². The number of halogens is 1. The van der Waals surface area contributed by atoms with Crippen molar-refractivity contribution in [3.05, 3.63) is 47.3 Å². The molecule has 4 heteroatoms. The zero-order valence-corrected chi connectivity index (χ0v) is 10.3. The molecule has 0 aliphatic heterocycles. The Hall–Kier alpha value is -1.84. The molecule has 0 atom stereocenters. The number of hydrogen-bond acceptors (Lipinski definition) is 2. The van der Waals surface area contributed by atoms with Crippen LogP contribution in [0.1, 0.15) is 17.0 Å². The Labute approximate surface area is 100 Å². The number of nitrogens with zero attached hydrogens (tertiary/aromatic N) is 2. The minimum absolute atomic E-state index is 0.456. The maximum Gasteiger partial charge on any atom is 0.212 e. The molecule has 0 aromatic carbocycles. The summed E-state index contributed by atoms with van der Waals surface area (Å²) in [7, 11) is 2.05. The average molecular weight is 233 g/mol. The molecule has 0 aliphatic carbocycles. The number of aryl methyl sites for hydroxylation is 1. The van der Waals surface area contributed by atoms with E-state index in [2.05, 4.69) is 34.8 Å². The maximum atomic E-state index is 12.6. The van der Waals surface area contributed by atoms with Crippen molar-refractivity contribution in [2.45, 2.75) is 20.4 Å². The zero-order chi connectivity index (χ0) is 12.4. The lowest BCUT2D eigenvalue weighted by Crippen LogP contribution is -2.01. The summed E-state index contributed by atoms with van der Waals surface area (Å²) in [6, 6.07) is 5.19. The third-order valence-electron chi connectivity index (χ3n) is 3.09. The van der Waals surface area contributed by atoms with E-state index in [1.54, 1.807) is 6.07 Å². The Morgan fingerprint density at radius 1 is 1.35 bits per heavy atom. The number of nitrogens with one attached hydrogen (secondary N) is 1. The van der Waals surface area contributed by atoms with Crippen LogP contribution in [0.15, 0.2) is 24.4 Å². The third-order valence-corrected chi connectivity index (χ3v) is 3.09. The minimum atomic E-state index is -0.456. The standard InChI is InChI=1S/C13H16FN3/c1-9-6-11(10(2)17(9)3)7-15-12-4-5-13(14)16-8-12/h4-6,8,15H,7H2,1-3H3. The van der Waals surface area contributed by atoms with Gasteiger partial charge in [0.05, 0.1) is 11.9 Å². The molecule has 0 bridgehead atoms. The van der Waals surface area contributed by atoms with Crippen molar-refractivity contribution in [1.29, 1.82) is 0 Å². The van der Waals surface area contributed by atoms with Crippen LogP contribution in [0.5, 0.6) is 0 Å². The quantitative estimate of drug-likeness (QED) is 0.826. The number of anilines is 1. The van der Waals surface area contributed by atoms with Gasteiger partial charge in [-0.25, -0.2) is 4.98 Å². The number of aromatic nitrogens is 2. The van der Waals surface area contributed by atoms with Crippen LogP contribution in [0.4, 0.5) is 10.1 Å². The Bertz CT molecular complexity index is 514. The highest BCUT2D eigenvalue weighted by Crippen LogP contribution is 2.15. The van der Waals surface area contributed by atoms with Gasteiger partial charge in [-0.3, -0.25) is 0 Å². The first-order chi connectivity index (χ1) is 8.08. The maximum absolute atomic E-state index is 12.6. The molecule has 1 N–H and O–H groups in total. The average Bonchev–Trinajstić information content (AvgIpc) is 2.56. The van der Waals surface area contributed by atoms with Crippen LogP contribution in [0.3, 0.4) is 0 Å². The lowest BCUT2D eigenvalue weighted by molar-refractivity contribution is 0.584. The summed E-state index contributed by atoms with van der Waals surface area (Å²) in [5.41, 5.74) is 4.54. The monoisotopic (exact) mass is 233 g/mol. The Morgan fingerprint density at radius 2 is 2.12 bits per heavy atom. The molecule has 0 spiro atoms. The molecule has 90 valence electrons. The summed E-state index contributed by atoms with van der Waals surface area (Å²) in [6.45, 7) is 4.89. The second-order valence-electron chi connectivity index (χ2n) is 4.18. The fourth-order valence-corrected chi connectivity index (χ4v) is 1.79. The smallest absolute Gasteiger partial charge is 0.212 e. The van der Waals surface area contributed by atoms with Crippen LogP contribution in [-0.2, 0) is 13.6 Å². The number of rotatable bonds is 3. The van der Waals surface area contributed by atoms with Gasteiger partial charge in [0.2, 0.25) is 5.95 Å². The lowest BCUT2D eigenvalue weighted by atomic mass is 10.2. The second kappa shape index (κ2) is 4.57. The van der Waals surface area contributed by atoms with Crippen molar-refractivity contribution in [2.24, 2.45) is 7.05 Å². The summed E-state index contributed by atoms with van der Waals surface area (Å²) in [4.78, 5) is 3.60. The van der Waals surface area contributed by atoms with Gasteiger partial charge in [-0.2, -0.15) is 4.39 Å². The van der Waals surface area contributed by atoms with Gasteiger partial charge in [0.25, 0.3) is 0 Å². The molecule has 2 aromatic heterocycles. The molecule has 0 aliphatic rings. The summed E-state index contributed by atoms with van der Waals surface area (Å²) in [5.74, 6) is -0.456. The van der Waals surface area contributed by atoms with E-state index in [4.69, 9.17) is 0 Å². The van der Waals surface area contributed by atoms with E-state index in [-0.39, 0.29) is 0 Å². The first-order valence-electron chi connectivity index (χ1n) is 5.55. The van der Waals surface area contributed by atoms with Crippen LogP contribution in [-0.4, -0.2) is 9.55 Å². The molecule has 2 heterocycles. The second-order valence-corrected chi connectivity index (χ2v) is 4.18. The van der Waals surface area contributed by atoms with E-state index in [0.29, 0.717) is 0 Å². The highest BCUT2D eigenvalue weighted by Gasteiger charge is 2.05. The van der Waals surface area contributed by atoms with E-state index >= 15 is 0 Å². The molecule has 2 aromatic rings. The van der Waals surface area contributed by atoms with Crippen molar-refractivity contribution in [2.75, 3.05) is 5.32 Å². The topological polar surface area (TPSA) is 29.9 Å².